The average Bonchev–Trinajstić information content (AvgIpc) is 3.17. The SMILES string of the molecule is Cc1ccc(-c2csc(NC(=O)CCc3nc4ccccc4[nH]c3=O)n2)cc1C. The van der Waals surface area contributed by atoms with Gasteiger partial charge in [0.15, 0.2) is 5.13 Å². The van der Waals surface area contributed by atoms with E-state index >= 15 is 0 Å². The second-order valence-electron chi connectivity index (χ2n) is 6.91. The van der Waals surface area contributed by atoms with Crippen LogP contribution in [0.15, 0.2) is 52.6 Å². The molecule has 0 radical (unpaired) electrons. The number of carbonyl (C=O) groups is 1. The van der Waals surface area contributed by atoms with Gasteiger partial charge < -0.3 is 10.3 Å². The fourth-order valence-corrected chi connectivity index (χ4v) is 3.75. The fraction of sp³-hybridized carbons (Fsp3) is 0.182. The van der Waals surface area contributed by atoms with E-state index in [4.69, 9.17) is 0 Å². The van der Waals surface area contributed by atoms with Gasteiger partial charge >= 0.3 is 0 Å². The van der Waals surface area contributed by atoms with Crippen LogP contribution in [-0.2, 0) is 11.2 Å². The Labute approximate surface area is 171 Å². The van der Waals surface area contributed by atoms with Crippen LogP contribution in [0.1, 0.15) is 23.2 Å². The monoisotopic (exact) mass is 404 g/mol. The Kier molecular flexibility index (Phi) is 5.22. The molecule has 6 nitrogen and oxygen atoms in total. The number of nitrogens with zero attached hydrogens (tertiary/aromatic N) is 2. The molecule has 0 unspecified atom stereocenters. The number of benzene rings is 2. The van der Waals surface area contributed by atoms with Crippen molar-refractivity contribution in [3.8, 4) is 11.3 Å². The number of hydrogen-bond donors (Lipinski definition) is 2. The highest BCUT2D eigenvalue weighted by Gasteiger charge is 2.11. The van der Waals surface area contributed by atoms with Gasteiger partial charge in [-0.05, 0) is 43.2 Å². The molecule has 0 atom stereocenters. The van der Waals surface area contributed by atoms with E-state index in [9.17, 15) is 9.59 Å². The molecular formula is C22H20N4O2S. The van der Waals surface area contributed by atoms with Crippen LogP contribution in [0.3, 0.4) is 0 Å². The minimum atomic E-state index is -0.261. The molecule has 2 aromatic carbocycles. The second kappa shape index (κ2) is 7.97. The van der Waals surface area contributed by atoms with Crippen LogP contribution in [0.5, 0.6) is 0 Å². The lowest BCUT2D eigenvalue weighted by atomic mass is 10.1. The number of aromatic amines is 1. The van der Waals surface area contributed by atoms with Gasteiger partial charge in [-0.1, -0.05) is 24.3 Å². The Morgan fingerprint density at radius 1 is 1.10 bits per heavy atom. The Hall–Kier alpha value is -3.32. The van der Waals surface area contributed by atoms with Gasteiger partial charge in [0, 0.05) is 23.8 Å². The number of rotatable bonds is 5. The maximum absolute atomic E-state index is 12.3. The van der Waals surface area contributed by atoms with Crippen molar-refractivity contribution in [1.82, 2.24) is 15.0 Å². The number of anilines is 1. The number of thiazole rings is 1. The number of aryl methyl sites for hydroxylation is 3. The standard InChI is InChI=1S/C22H20N4O2S/c1-13-7-8-15(11-14(13)2)19-12-29-22(25-19)26-20(27)10-9-18-21(28)24-17-6-4-3-5-16(17)23-18/h3-8,11-12H,9-10H2,1-2H3,(H,24,28)(H,25,26,27). The predicted octanol–water partition coefficient (Wildman–Crippen LogP) is 4.23. The quantitative estimate of drug-likeness (QED) is 0.521. The van der Waals surface area contributed by atoms with E-state index in [1.165, 1.54) is 22.5 Å². The van der Waals surface area contributed by atoms with Crippen molar-refractivity contribution in [3.63, 3.8) is 0 Å². The van der Waals surface area contributed by atoms with Gasteiger partial charge in [-0.15, -0.1) is 11.3 Å². The van der Waals surface area contributed by atoms with E-state index in [-0.39, 0.29) is 24.3 Å². The summed E-state index contributed by atoms with van der Waals surface area (Å²) in [5.74, 6) is -0.194. The molecule has 0 aliphatic carbocycles. The maximum atomic E-state index is 12.3. The molecule has 2 aromatic heterocycles. The average molecular weight is 404 g/mol. The first-order valence-corrected chi connectivity index (χ1v) is 10.2. The van der Waals surface area contributed by atoms with Crippen molar-refractivity contribution >= 4 is 33.4 Å². The summed E-state index contributed by atoms with van der Waals surface area (Å²) in [6, 6.07) is 13.5. The molecule has 146 valence electrons. The minimum Gasteiger partial charge on any atom is -0.319 e. The molecule has 1 amide bonds. The van der Waals surface area contributed by atoms with Crippen LogP contribution in [0, 0.1) is 13.8 Å². The van der Waals surface area contributed by atoms with Crippen LogP contribution in [0.2, 0.25) is 0 Å². The first kappa shape index (κ1) is 19.0. The third-order valence-electron chi connectivity index (χ3n) is 4.81. The molecule has 0 aliphatic heterocycles. The highest BCUT2D eigenvalue weighted by atomic mass is 32.1. The van der Waals surface area contributed by atoms with Crippen LogP contribution in [0.4, 0.5) is 5.13 Å². The number of aromatic nitrogens is 3. The summed E-state index contributed by atoms with van der Waals surface area (Å²) in [5, 5.41) is 5.28. The summed E-state index contributed by atoms with van der Waals surface area (Å²) >= 11 is 1.38. The lowest BCUT2D eigenvalue weighted by molar-refractivity contribution is -0.116. The van der Waals surface area contributed by atoms with Crippen molar-refractivity contribution < 1.29 is 4.79 Å². The summed E-state index contributed by atoms with van der Waals surface area (Å²) in [7, 11) is 0. The molecule has 7 heteroatoms. The summed E-state index contributed by atoms with van der Waals surface area (Å²) < 4.78 is 0. The minimum absolute atomic E-state index is 0.160. The van der Waals surface area contributed by atoms with Crippen molar-refractivity contribution in [2.45, 2.75) is 26.7 Å². The fourth-order valence-electron chi connectivity index (χ4n) is 3.02. The summed E-state index contributed by atoms with van der Waals surface area (Å²) in [4.78, 5) is 36.2. The lowest BCUT2D eigenvalue weighted by Gasteiger charge is -2.04. The Morgan fingerprint density at radius 3 is 2.76 bits per heavy atom. The highest BCUT2D eigenvalue weighted by molar-refractivity contribution is 7.14. The van der Waals surface area contributed by atoms with Gasteiger partial charge in [0.25, 0.3) is 5.56 Å². The van der Waals surface area contributed by atoms with E-state index in [0.29, 0.717) is 21.9 Å². The van der Waals surface area contributed by atoms with Gasteiger partial charge in [0.05, 0.1) is 16.7 Å². The second-order valence-corrected chi connectivity index (χ2v) is 7.77. The van der Waals surface area contributed by atoms with Crippen LogP contribution in [-0.4, -0.2) is 20.9 Å². The zero-order chi connectivity index (χ0) is 20.4. The molecule has 2 N–H and O–H groups in total. The number of hydrogen-bond acceptors (Lipinski definition) is 5. The number of carbonyl (C=O) groups excluding carboxylic acids is 1. The first-order valence-electron chi connectivity index (χ1n) is 9.30. The van der Waals surface area contributed by atoms with E-state index in [0.717, 1.165) is 11.3 Å². The number of para-hydroxylation sites is 2. The summed E-state index contributed by atoms with van der Waals surface area (Å²) in [6.07, 6.45) is 0.425. The first-order chi connectivity index (χ1) is 14.0. The molecule has 2 heterocycles. The molecule has 0 spiro atoms. The molecule has 0 bridgehead atoms. The summed E-state index contributed by atoms with van der Waals surface area (Å²) in [5.41, 5.74) is 5.78. The Bertz CT molecular complexity index is 1260. The molecule has 0 saturated carbocycles. The summed E-state index contributed by atoms with van der Waals surface area (Å²) in [6.45, 7) is 4.14. The van der Waals surface area contributed by atoms with Crippen molar-refractivity contribution in [2.24, 2.45) is 0 Å². The van der Waals surface area contributed by atoms with Crippen molar-refractivity contribution in [3.05, 3.63) is 75.0 Å². The normalized spacial score (nSPS) is 11.0. The zero-order valence-corrected chi connectivity index (χ0v) is 17.0. The molecule has 0 aliphatic rings. The van der Waals surface area contributed by atoms with E-state index in [2.05, 4.69) is 46.2 Å². The Morgan fingerprint density at radius 2 is 1.93 bits per heavy atom. The van der Waals surface area contributed by atoms with Crippen molar-refractivity contribution in [2.75, 3.05) is 5.32 Å². The Balaban J connectivity index is 1.41. The molecule has 29 heavy (non-hydrogen) atoms. The topological polar surface area (TPSA) is 87.7 Å². The predicted molar refractivity (Wildman–Crippen MR) is 116 cm³/mol. The molecule has 0 saturated heterocycles. The van der Waals surface area contributed by atoms with Crippen LogP contribution >= 0.6 is 11.3 Å². The third kappa shape index (κ3) is 4.25. The van der Waals surface area contributed by atoms with E-state index < -0.39 is 0 Å². The van der Waals surface area contributed by atoms with E-state index in [1.54, 1.807) is 6.07 Å². The third-order valence-corrected chi connectivity index (χ3v) is 5.57. The highest BCUT2D eigenvalue weighted by Crippen LogP contribution is 2.26. The van der Waals surface area contributed by atoms with Gasteiger partial charge in [-0.25, -0.2) is 9.97 Å². The maximum Gasteiger partial charge on any atom is 0.270 e. The van der Waals surface area contributed by atoms with Crippen LogP contribution in [0.25, 0.3) is 22.3 Å². The number of H-pyrrole nitrogens is 1. The van der Waals surface area contributed by atoms with Gasteiger partial charge in [-0.2, -0.15) is 0 Å². The zero-order valence-electron chi connectivity index (χ0n) is 16.2. The van der Waals surface area contributed by atoms with Gasteiger partial charge in [0.1, 0.15) is 5.69 Å². The van der Waals surface area contributed by atoms with E-state index in [1.807, 2.05) is 29.6 Å². The number of nitrogens with one attached hydrogen (secondary N) is 2. The number of fused-ring (bicyclic) bond motifs is 1. The molecular weight excluding hydrogens is 384 g/mol. The largest absolute Gasteiger partial charge is 0.319 e. The van der Waals surface area contributed by atoms with Crippen LogP contribution < -0.4 is 10.9 Å². The molecule has 4 aromatic rings. The smallest absolute Gasteiger partial charge is 0.270 e. The van der Waals surface area contributed by atoms with Gasteiger partial charge in [-0.3, -0.25) is 9.59 Å². The van der Waals surface area contributed by atoms with Crippen molar-refractivity contribution in [1.29, 1.82) is 0 Å². The van der Waals surface area contributed by atoms with Gasteiger partial charge in [0.2, 0.25) is 5.91 Å². The molecule has 0 fully saturated rings. The molecule has 4 rings (SSSR count). The lowest BCUT2D eigenvalue weighted by Crippen LogP contribution is -2.18. The number of amides is 1.